The Morgan fingerprint density at radius 1 is 0.671 bits per heavy atom. The van der Waals surface area contributed by atoms with Crippen LogP contribution in [0.15, 0.2) is 12.2 Å². The number of rotatable bonds is 15. The zero-order valence-electron chi connectivity index (χ0n) is 42.1. The molecule has 9 aliphatic rings. The summed E-state index contributed by atoms with van der Waals surface area (Å²) in [7, 11) is 0. The van der Waals surface area contributed by atoms with Gasteiger partial charge in [0.15, 0.2) is 25.2 Å². The van der Waals surface area contributed by atoms with Gasteiger partial charge in [0, 0.05) is 0 Å². The van der Waals surface area contributed by atoms with Gasteiger partial charge in [-0.1, -0.05) is 19.9 Å². The highest BCUT2D eigenvalue weighted by Gasteiger charge is 2.70. The Morgan fingerprint density at radius 3 is 1.97 bits per heavy atom. The molecule has 2 bridgehead atoms. The fraction of sp³-hybridized carbons (Fsp3) is 0.939. The molecule has 4 saturated carbocycles. The van der Waals surface area contributed by atoms with Gasteiger partial charge in [-0.15, -0.1) is 34.8 Å². The molecule has 0 unspecified atom stereocenters. The predicted octanol–water partition coefficient (Wildman–Crippen LogP) is -2.91. The number of aliphatic hydroxyl groups excluding tert-OH is 13. The Kier molecular flexibility index (Phi) is 17.9. The van der Waals surface area contributed by atoms with Crippen LogP contribution in [0, 0.1) is 28.1 Å². The van der Waals surface area contributed by atoms with E-state index in [4.69, 9.17) is 82.2 Å². The third kappa shape index (κ3) is 10.1. The molecule has 5 saturated heterocycles. The molecule has 5 aliphatic heterocycles. The van der Waals surface area contributed by atoms with Crippen LogP contribution in [0.2, 0.25) is 0 Å². The van der Waals surface area contributed by atoms with Crippen molar-refractivity contribution in [1.29, 1.82) is 0 Å². The van der Waals surface area contributed by atoms with E-state index in [9.17, 15) is 71.2 Å². The molecule has 0 radical (unpaired) electrons. The molecule has 0 aromatic rings. The first-order chi connectivity index (χ1) is 35.9. The van der Waals surface area contributed by atoms with Crippen LogP contribution in [-0.4, -0.2) is 256 Å². The molecule has 5 heterocycles. The van der Waals surface area contributed by atoms with Gasteiger partial charge in [0.05, 0.1) is 48.0 Å². The average Bonchev–Trinajstić information content (AvgIpc) is 3.86. The first-order valence-electron chi connectivity index (χ1n) is 26.1. The Balaban J connectivity index is 0.921. The Hall–Kier alpha value is -0.800. The zero-order valence-corrected chi connectivity index (χ0v) is 44.4. The van der Waals surface area contributed by atoms with E-state index in [1.54, 1.807) is 0 Å². The second kappa shape index (κ2) is 22.7. The molecule has 24 nitrogen and oxygen atoms in total. The summed E-state index contributed by atoms with van der Waals surface area (Å²) in [5, 5.41) is 138. The number of hydrogen-bond donors (Lipinski definition) is 13. The quantitative estimate of drug-likeness (QED) is 0.0338. The molecule has 0 aromatic carbocycles. The minimum absolute atomic E-state index is 0.0391. The van der Waals surface area contributed by atoms with Gasteiger partial charge in [0.25, 0.3) is 0 Å². The maximum Gasteiger partial charge on any atom is 0.312 e. The van der Waals surface area contributed by atoms with E-state index in [-0.39, 0.29) is 17.7 Å². The molecular formula is C49H75Cl3O24. The second-order valence-corrected chi connectivity index (χ2v) is 24.2. The summed E-state index contributed by atoms with van der Waals surface area (Å²) in [6.45, 7) is 6.15. The fourth-order valence-electron chi connectivity index (χ4n) is 14.7. The first-order valence-corrected chi connectivity index (χ1v) is 27.6. The lowest BCUT2D eigenvalue weighted by molar-refractivity contribution is -0.395. The summed E-state index contributed by atoms with van der Waals surface area (Å²) in [6, 6.07) is 0. The van der Waals surface area contributed by atoms with Crippen LogP contribution in [0.25, 0.3) is 0 Å². The summed E-state index contributed by atoms with van der Waals surface area (Å²) in [5.41, 5.74) is -2.20. The Morgan fingerprint density at radius 2 is 1.30 bits per heavy atom. The van der Waals surface area contributed by atoms with Crippen LogP contribution < -0.4 is 0 Å². The normalized spacial score (nSPS) is 54.5. The lowest BCUT2D eigenvalue weighted by Crippen LogP contribution is -2.67. The lowest BCUT2D eigenvalue weighted by atomic mass is 9.41. The second-order valence-electron chi connectivity index (χ2n) is 23.1. The van der Waals surface area contributed by atoms with Gasteiger partial charge in [0.1, 0.15) is 110 Å². The molecule has 436 valence electrons. The SMILES string of the molecule is C=C1C[C@@]23CC[C@H]4[C@@](C)(CCC[C@@]4(C)C(=O)OC[C@H]4O[C@H](O[C@]5(CCl)O[C@H](CCl)[C@@H](O)[C@@H]5O)[C@H](O)[C@@H](O)[C@H]4Cl)[C@@H]2CC[C@]1(O[C@@H]1O[C@H](CO)[C@@H](O)[C@H](O[C@@H]2O[C@H](CO)[C@@H](O)[C@H](O)[C@H]2O)[C@H]1O[C@@H]1OC[C@@H](O)[C@H](O)[C@H]1O)C3. The van der Waals surface area contributed by atoms with E-state index in [0.29, 0.717) is 51.4 Å². The number of hydrogen-bond acceptors (Lipinski definition) is 24. The molecular weight excluding hydrogens is 1080 g/mol. The van der Waals surface area contributed by atoms with Gasteiger partial charge in [-0.3, -0.25) is 4.79 Å². The molecule has 13 N–H and O–H groups in total. The number of alkyl halides is 3. The molecule has 9 rings (SSSR count). The highest BCUT2D eigenvalue weighted by molar-refractivity contribution is 6.21. The van der Waals surface area contributed by atoms with Gasteiger partial charge in [-0.25, -0.2) is 0 Å². The van der Waals surface area contributed by atoms with Crippen molar-refractivity contribution in [2.75, 3.05) is 38.2 Å². The van der Waals surface area contributed by atoms with Crippen LogP contribution in [0.1, 0.15) is 71.6 Å². The summed E-state index contributed by atoms with van der Waals surface area (Å²) >= 11 is 18.7. The molecule has 27 heteroatoms. The summed E-state index contributed by atoms with van der Waals surface area (Å²) < 4.78 is 60.5. The fourth-order valence-corrected chi connectivity index (χ4v) is 15.5. The van der Waals surface area contributed by atoms with E-state index in [2.05, 4.69) is 13.5 Å². The van der Waals surface area contributed by atoms with Crippen molar-refractivity contribution >= 4 is 40.8 Å². The van der Waals surface area contributed by atoms with Crippen LogP contribution >= 0.6 is 34.8 Å². The van der Waals surface area contributed by atoms with Crippen LogP contribution in [0.3, 0.4) is 0 Å². The van der Waals surface area contributed by atoms with E-state index in [1.165, 1.54) is 0 Å². The number of ether oxygens (including phenoxy) is 10. The number of aliphatic hydroxyl groups is 13. The van der Waals surface area contributed by atoms with E-state index in [1.807, 2.05) is 6.92 Å². The Labute approximate surface area is 453 Å². The van der Waals surface area contributed by atoms with E-state index < -0.39 is 200 Å². The van der Waals surface area contributed by atoms with Gasteiger partial charge in [-0.2, -0.15) is 0 Å². The van der Waals surface area contributed by atoms with Gasteiger partial charge >= 0.3 is 5.97 Å². The zero-order chi connectivity index (χ0) is 55.2. The van der Waals surface area contributed by atoms with Crippen molar-refractivity contribution in [2.45, 2.75) is 217 Å². The van der Waals surface area contributed by atoms with Crippen molar-refractivity contribution in [3.63, 3.8) is 0 Å². The third-order valence-electron chi connectivity index (χ3n) is 18.8. The third-order valence-corrected chi connectivity index (χ3v) is 20.0. The number of halogens is 3. The minimum Gasteiger partial charge on any atom is -0.462 e. The molecule has 9 fully saturated rings. The molecule has 76 heavy (non-hydrogen) atoms. The topological polar surface area (TPSA) is 372 Å². The van der Waals surface area contributed by atoms with Crippen molar-refractivity contribution < 1.29 is 119 Å². The number of fused-ring (bicyclic) bond motifs is 3. The molecule has 4 aliphatic carbocycles. The largest absolute Gasteiger partial charge is 0.462 e. The van der Waals surface area contributed by atoms with Crippen molar-refractivity contribution in [3.05, 3.63) is 12.2 Å². The van der Waals surface area contributed by atoms with Crippen LogP contribution in [-0.2, 0) is 52.2 Å². The maximum atomic E-state index is 14.6. The maximum absolute atomic E-state index is 14.6. The first kappa shape index (κ1) is 59.8. The van der Waals surface area contributed by atoms with Crippen LogP contribution in [0.5, 0.6) is 0 Å². The minimum atomic E-state index is -2.09. The molecule has 0 amide bonds. The average molecular weight is 1150 g/mol. The predicted molar refractivity (Wildman–Crippen MR) is 257 cm³/mol. The van der Waals surface area contributed by atoms with E-state index >= 15 is 0 Å². The summed E-state index contributed by atoms with van der Waals surface area (Å²) in [5.74, 6) is -3.47. The number of carbonyl (C=O) groups is 1. The summed E-state index contributed by atoms with van der Waals surface area (Å²) in [4.78, 5) is 14.6. The molecule has 1 spiro atoms. The van der Waals surface area contributed by atoms with Crippen molar-refractivity contribution in [2.24, 2.45) is 28.1 Å². The number of esters is 1. The highest BCUT2D eigenvalue weighted by atomic mass is 35.5. The van der Waals surface area contributed by atoms with Gasteiger partial charge < -0.3 is 114 Å². The molecule has 29 atom stereocenters. The van der Waals surface area contributed by atoms with Gasteiger partial charge in [0.2, 0.25) is 5.79 Å². The monoisotopic (exact) mass is 1150 g/mol. The summed E-state index contributed by atoms with van der Waals surface area (Å²) in [6.07, 6.45) is -29.0. The highest BCUT2D eigenvalue weighted by Crippen LogP contribution is 2.74. The Bertz CT molecular complexity index is 2050. The van der Waals surface area contributed by atoms with Crippen molar-refractivity contribution in [1.82, 2.24) is 0 Å². The smallest absolute Gasteiger partial charge is 0.312 e. The standard InChI is InChI=1S/C49H75Cl3O24/c1-19-11-47-9-5-25-45(2,7-4-8-46(25,3)44(66)68-16-24-27(52)32(60)35(63)42(71-24)76-49(18-51)39(65)31(59)21(12-50)74-49)26(47)6-10-48(19,17-47)75-43-38(73-40-34(62)28(56)20(55)15-67-40)37(30(58)23(14-54)70-43)72-41-36(64)33(61)29(57)22(13-53)69-41/h20-43,53-65H,1,4-18H2,2-3H3/t20-,21-,22-,23-,24-,25+,26+,27+,28+,29-,30-,31-,32+,33+,34-,35-,36-,37+,38-,39+,40+,41+,42-,43+,45-,46-,47-,48+,49+/m1/s1. The molecule has 0 aromatic heterocycles. The van der Waals surface area contributed by atoms with E-state index in [0.717, 1.165) is 12.0 Å². The van der Waals surface area contributed by atoms with Crippen molar-refractivity contribution in [3.8, 4) is 0 Å². The van der Waals surface area contributed by atoms with Crippen LogP contribution in [0.4, 0.5) is 0 Å². The van der Waals surface area contributed by atoms with Gasteiger partial charge in [-0.05, 0) is 86.5 Å². The lowest BCUT2D eigenvalue weighted by Gasteiger charge is -2.64. The number of carbonyl (C=O) groups excluding carboxylic acids is 1.